The Bertz CT molecular complexity index is 679. The molecule has 1 fully saturated rings. The number of pyridine rings is 1. The summed E-state index contributed by atoms with van der Waals surface area (Å²) < 4.78 is 33.4. The predicted octanol–water partition coefficient (Wildman–Crippen LogP) is 2.81. The number of hydrogen-bond donors (Lipinski definition) is 1. The van der Waals surface area contributed by atoms with Crippen molar-refractivity contribution in [2.24, 2.45) is 0 Å². The standard InChI is InChI=1S/C15H18N2O3S2/c18-22(19,15-5-3-11-21-15)17-12-6-8-13(9-7-12)20-14-4-1-2-10-16-14/h1-5,10-13,17H,6-9H2. The normalized spacial score (nSPS) is 22.4. The Labute approximate surface area is 134 Å². The minimum absolute atomic E-state index is 0.0179. The SMILES string of the molecule is O=S(=O)(NC1CCC(Oc2ccccn2)CC1)c1cccs1. The van der Waals surface area contributed by atoms with Gasteiger partial charge in [-0.2, -0.15) is 0 Å². The first-order valence-electron chi connectivity index (χ1n) is 7.27. The summed E-state index contributed by atoms with van der Waals surface area (Å²) in [7, 11) is -3.38. The van der Waals surface area contributed by atoms with Crippen molar-refractivity contribution in [2.45, 2.75) is 42.0 Å². The Morgan fingerprint density at radius 2 is 1.95 bits per heavy atom. The van der Waals surface area contributed by atoms with Crippen LogP contribution in [0.1, 0.15) is 25.7 Å². The van der Waals surface area contributed by atoms with Gasteiger partial charge in [0.25, 0.3) is 0 Å². The van der Waals surface area contributed by atoms with Crippen LogP contribution in [0, 0.1) is 0 Å². The smallest absolute Gasteiger partial charge is 0.250 e. The molecule has 2 aromatic rings. The van der Waals surface area contributed by atoms with Crippen molar-refractivity contribution in [2.75, 3.05) is 0 Å². The van der Waals surface area contributed by atoms with Gasteiger partial charge in [-0.1, -0.05) is 12.1 Å². The molecule has 0 unspecified atom stereocenters. The van der Waals surface area contributed by atoms with E-state index in [-0.39, 0.29) is 12.1 Å². The van der Waals surface area contributed by atoms with Gasteiger partial charge in [-0.15, -0.1) is 11.3 Å². The molecular formula is C15H18N2O3S2. The molecular weight excluding hydrogens is 320 g/mol. The molecule has 7 heteroatoms. The van der Waals surface area contributed by atoms with Gasteiger partial charge in [0.15, 0.2) is 0 Å². The molecule has 2 heterocycles. The number of thiophene rings is 1. The van der Waals surface area contributed by atoms with Gasteiger partial charge >= 0.3 is 0 Å². The van der Waals surface area contributed by atoms with Crippen LogP contribution < -0.4 is 9.46 Å². The van der Waals surface area contributed by atoms with E-state index in [1.807, 2.05) is 18.2 Å². The zero-order valence-corrected chi connectivity index (χ0v) is 13.6. The average Bonchev–Trinajstić information content (AvgIpc) is 3.05. The number of rotatable bonds is 5. The molecule has 0 aromatic carbocycles. The minimum Gasteiger partial charge on any atom is -0.474 e. The van der Waals surface area contributed by atoms with Gasteiger partial charge in [0, 0.05) is 18.3 Å². The Balaban J connectivity index is 1.52. The Morgan fingerprint density at radius 3 is 2.59 bits per heavy atom. The summed E-state index contributed by atoms with van der Waals surface area (Å²) >= 11 is 1.24. The van der Waals surface area contributed by atoms with Crippen LogP contribution in [0.15, 0.2) is 46.1 Å². The van der Waals surface area contributed by atoms with Gasteiger partial charge in [0.2, 0.25) is 15.9 Å². The van der Waals surface area contributed by atoms with Crippen molar-refractivity contribution >= 4 is 21.4 Å². The van der Waals surface area contributed by atoms with Crippen molar-refractivity contribution in [1.82, 2.24) is 9.71 Å². The van der Waals surface area contributed by atoms with E-state index in [1.165, 1.54) is 11.3 Å². The highest BCUT2D eigenvalue weighted by atomic mass is 32.2. The first-order chi connectivity index (χ1) is 10.6. The lowest BCUT2D eigenvalue weighted by molar-refractivity contribution is 0.138. The van der Waals surface area contributed by atoms with Crippen LogP contribution in [0.5, 0.6) is 5.88 Å². The van der Waals surface area contributed by atoms with E-state index in [0.717, 1.165) is 25.7 Å². The number of nitrogens with one attached hydrogen (secondary N) is 1. The quantitative estimate of drug-likeness (QED) is 0.910. The van der Waals surface area contributed by atoms with Gasteiger partial charge in [0.1, 0.15) is 10.3 Å². The molecule has 118 valence electrons. The third kappa shape index (κ3) is 3.85. The van der Waals surface area contributed by atoms with Crippen LogP contribution in [0.4, 0.5) is 0 Å². The molecule has 0 spiro atoms. The zero-order chi connectivity index (χ0) is 15.4. The van der Waals surface area contributed by atoms with Gasteiger partial charge < -0.3 is 4.74 Å². The molecule has 1 aliphatic carbocycles. The number of aromatic nitrogens is 1. The summed E-state index contributed by atoms with van der Waals surface area (Å²) in [4.78, 5) is 4.15. The van der Waals surface area contributed by atoms with E-state index >= 15 is 0 Å². The maximum Gasteiger partial charge on any atom is 0.250 e. The highest BCUT2D eigenvalue weighted by Crippen LogP contribution is 2.25. The summed E-state index contributed by atoms with van der Waals surface area (Å²) in [6.07, 6.45) is 5.03. The van der Waals surface area contributed by atoms with Crippen molar-refractivity contribution in [3.05, 3.63) is 41.9 Å². The average molecular weight is 338 g/mol. The molecule has 3 rings (SSSR count). The van der Waals surface area contributed by atoms with Gasteiger partial charge in [-0.05, 0) is 43.2 Å². The van der Waals surface area contributed by atoms with E-state index in [4.69, 9.17) is 4.74 Å². The summed E-state index contributed by atoms with van der Waals surface area (Å²) in [5.74, 6) is 0.630. The molecule has 0 saturated heterocycles. The molecule has 0 amide bonds. The number of ether oxygens (including phenoxy) is 1. The molecule has 1 saturated carbocycles. The van der Waals surface area contributed by atoms with Gasteiger partial charge in [0.05, 0.1) is 0 Å². The first-order valence-corrected chi connectivity index (χ1v) is 9.63. The Morgan fingerprint density at radius 1 is 1.14 bits per heavy atom. The molecule has 0 atom stereocenters. The molecule has 1 aliphatic rings. The summed E-state index contributed by atoms with van der Waals surface area (Å²) in [6, 6.07) is 8.94. The Hall–Kier alpha value is -1.44. The largest absolute Gasteiger partial charge is 0.474 e. The van der Waals surface area contributed by atoms with E-state index in [1.54, 1.807) is 23.7 Å². The minimum atomic E-state index is -3.38. The van der Waals surface area contributed by atoms with Crippen molar-refractivity contribution < 1.29 is 13.2 Å². The summed E-state index contributed by atoms with van der Waals surface area (Å²) in [6.45, 7) is 0. The molecule has 0 radical (unpaired) electrons. The highest BCUT2D eigenvalue weighted by molar-refractivity contribution is 7.91. The van der Waals surface area contributed by atoms with Crippen LogP contribution in [0.3, 0.4) is 0 Å². The fourth-order valence-corrected chi connectivity index (χ4v) is 4.89. The van der Waals surface area contributed by atoms with Crippen LogP contribution in [0.25, 0.3) is 0 Å². The monoisotopic (exact) mass is 338 g/mol. The third-order valence-electron chi connectivity index (χ3n) is 3.68. The second-order valence-corrected chi connectivity index (χ2v) is 8.20. The van der Waals surface area contributed by atoms with E-state index < -0.39 is 10.0 Å². The molecule has 22 heavy (non-hydrogen) atoms. The fraction of sp³-hybridized carbons (Fsp3) is 0.400. The van der Waals surface area contributed by atoms with Gasteiger partial charge in [-0.3, -0.25) is 0 Å². The molecule has 0 aliphatic heterocycles. The first kappa shape index (κ1) is 15.5. The van der Waals surface area contributed by atoms with Crippen molar-refractivity contribution in [3.63, 3.8) is 0 Å². The number of hydrogen-bond acceptors (Lipinski definition) is 5. The lowest BCUT2D eigenvalue weighted by atomic mass is 9.94. The van der Waals surface area contributed by atoms with Crippen LogP contribution in [-0.4, -0.2) is 25.5 Å². The second-order valence-electron chi connectivity index (χ2n) is 5.31. The second kappa shape index (κ2) is 6.76. The third-order valence-corrected chi connectivity index (χ3v) is 6.60. The Kier molecular flexibility index (Phi) is 4.75. The van der Waals surface area contributed by atoms with E-state index in [0.29, 0.717) is 10.1 Å². The lowest BCUT2D eigenvalue weighted by Crippen LogP contribution is -2.39. The lowest BCUT2D eigenvalue weighted by Gasteiger charge is -2.28. The molecule has 5 nitrogen and oxygen atoms in total. The van der Waals surface area contributed by atoms with Crippen LogP contribution >= 0.6 is 11.3 Å². The zero-order valence-electron chi connectivity index (χ0n) is 12.0. The highest BCUT2D eigenvalue weighted by Gasteiger charge is 2.27. The number of sulfonamides is 1. The molecule has 2 aromatic heterocycles. The summed E-state index contributed by atoms with van der Waals surface area (Å²) in [5, 5.41) is 1.77. The van der Waals surface area contributed by atoms with E-state index in [9.17, 15) is 8.42 Å². The van der Waals surface area contributed by atoms with Gasteiger partial charge in [-0.25, -0.2) is 18.1 Å². The molecule has 1 N–H and O–H groups in total. The number of nitrogens with zero attached hydrogens (tertiary/aromatic N) is 1. The van der Waals surface area contributed by atoms with Crippen molar-refractivity contribution in [3.8, 4) is 5.88 Å². The maximum atomic E-state index is 12.2. The van der Waals surface area contributed by atoms with Crippen LogP contribution in [0.2, 0.25) is 0 Å². The maximum absolute atomic E-state index is 12.2. The van der Waals surface area contributed by atoms with E-state index in [2.05, 4.69) is 9.71 Å². The summed E-state index contributed by atoms with van der Waals surface area (Å²) in [5.41, 5.74) is 0. The van der Waals surface area contributed by atoms with Crippen molar-refractivity contribution in [1.29, 1.82) is 0 Å². The topological polar surface area (TPSA) is 68.3 Å². The van der Waals surface area contributed by atoms with Crippen LogP contribution in [-0.2, 0) is 10.0 Å². The predicted molar refractivity (Wildman–Crippen MR) is 85.5 cm³/mol. The fourth-order valence-electron chi connectivity index (χ4n) is 2.58. The molecule has 0 bridgehead atoms.